The molecule has 0 amide bonds. The summed E-state index contributed by atoms with van der Waals surface area (Å²) in [4.78, 5) is 12.0. The van der Waals surface area contributed by atoms with E-state index in [1.165, 1.54) is 12.8 Å². The van der Waals surface area contributed by atoms with Gasteiger partial charge in [0.05, 0.1) is 5.92 Å². The van der Waals surface area contributed by atoms with Crippen LogP contribution in [0.3, 0.4) is 0 Å². The summed E-state index contributed by atoms with van der Waals surface area (Å²) < 4.78 is 5.46. The van der Waals surface area contributed by atoms with E-state index in [4.69, 9.17) is 4.74 Å². The van der Waals surface area contributed by atoms with E-state index in [-0.39, 0.29) is 23.0 Å². The van der Waals surface area contributed by atoms with E-state index in [1.807, 2.05) is 20.8 Å². The molecule has 0 saturated carbocycles. The number of carbonyl (C=O) groups excluding carboxylic acids is 1. The number of hydrogen-bond donors (Lipinski definition) is 2. The first kappa shape index (κ1) is 13.8. The van der Waals surface area contributed by atoms with Gasteiger partial charge >= 0.3 is 5.97 Å². The van der Waals surface area contributed by atoms with Crippen LogP contribution >= 0.6 is 0 Å². The van der Waals surface area contributed by atoms with Crippen LogP contribution < -0.4 is 10.6 Å². The lowest BCUT2D eigenvalue weighted by atomic mass is 9.78. The molecule has 0 radical (unpaired) electrons. The summed E-state index contributed by atoms with van der Waals surface area (Å²) in [6.45, 7) is 8.73. The minimum absolute atomic E-state index is 0.0322. The van der Waals surface area contributed by atoms with E-state index in [1.54, 1.807) is 0 Å². The maximum Gasteiger partial charge on any atom is 0.310 e. The molecule has 1 atom stereocenters. The molecule has 2 aliphatic rings. The van der Waals surface area contributed by atoms with E-state index >= 15 is 0 Å². The Balaban J connectivity index is 1.84. The Morgan fingerprint density at radius 3 is 2.39 bits per heavy atom. The molecule has 2 aliphatic heterocycles. The van der Waals surface area contributed by atoms with Crippen molar-refractivity contribution < 1.29 is 9.53 Å². The van der Waals surface area contributed by atoms with Crippen LogP contribution in [0.4, 0.5) is 0 Å². The lowest BCUT2D eigenvalue weighted by Gasteiger charge is -2.43. The monoisotopic (exact) mass is 254 g/mol. The third-order valence-corrected chi connectivity index (χ3v) is 4.00. The third kappa shape index (κ3) is 3.45. The molecule has 0 aromatic carbocycles. The Labute approximate surface area is 110 Å². The number of piperidine rings is 2. The smallest absolute Gasteiger partial charge is 0.310 e. The summed E-state index contributed by atoms with van der Waals surface area (Å²) in [5.41, 5.74) is -0.0925. The average Bonchev–Trinajstić information content (AvgIpc) is 2.28. The maximum absolute atomic E-state index is 12.0. The normalized spacial score (nSPS) is 28.1. The molecule has 2 rings (SSSR count). The molecule has 2 heterocycles. The lowest BCUT2D eigenvalue weighted by molar-refractivity contribution is -0.161. The first-order chi connectivity index (χ1) is 8.40. The number of rotatable bonds is 1. The second-order valence-electron chi connectivity index (χ2n) is 6.68. The first-order valence-electron chi connectivity index (χ1n) is 7.09. The van der Waals surface area contributed by atoms with Crippen molar-refractivity contribution in [3.8, 4) is 0 Å². The number of hydrogen-bond acceptors (Lipinski definition) is 4. The highest BCUT2D eigenvalue weighted by Gasteiger charge is 2.38. The van der Waals surface area contributed by atoms with Gasteiger partial charge in [-0.2, -0.15) is 0 Å². The van der Waals surface area contributed by atoms with Crippen LogP contribution in [0.5, 0.6) is 0 Å². The van der Waals surface area contributed by atoms with Crippen LogP contribution in [0.2, 0.25) is 0 Å². The van der Waals surface area contributed by atoms with Gasteiger partial charge in [-0.3, -0.25) is 4.79 Å². The molecule has 18 heavy (non-hydrogen) atoms. The molecule has 0 bridgehead atoms. The highest BCUT2D eigenvalue weighted by molar-refractivity contribution is 5.73. The molecule has 0 aromatic heterocycles. The Kier molecular flexibility index (Phi) is 3.97. The summed E-state index contributed by atoms with van der Waals surface area (Å²) in [6.07, 6.45) is 4.41. The second-order valence-corrected chi connectivity index (χ2v) is 6.68. The highest BCUT2D eigenvalue weighted by atomic mass is 16.6. The zero-order valence-electron chi connectivity index (χ0n) is 11.8. The van der Waals surface area contributed by atoms with Gasteiger partial charge in [-0.15, -0.1) is 0 Å². The van der Waals surface area contributed by atoms with Gasteiger partial charge in [0.25, 0.3) is 0 Å². The van der Waals surface area contributed by atoms with Crippen LogP contribution in [0.25, 0.3) is 0 Å². The average molecular weight is 254 g/mol. The molecule has 2 saturated heterocycles. The van der Waals surface area contributed by atoms with Crippen molar-refractivity contribution in [3.63, 3.8) is 0 Å². The zero-order valence-corrected chi connectivity index (χ0v) is 11.8. The fourth-order valence-corrected chi connectivity index (χ4v) is 2.90. The molecular weight excluding hydrogens is 228 g/mol. The quantitative estimate of drug-likeness (QED) is 0.695. The molecule has 2 fully saturated rings. The van der Waals surface area contributed by atoms with Gasteiger partial charge in [0.1, 0.15) is 5.60 Å². The minimum atomic E-state index is -0.374. The third-order valence-electron chi connectivity index (χ3n) is 4.00. The number of nitrogens with one attached hydrogen (secondary N) is 2. The van der Waals surface area contributed by atoms with Crippen LogP contribution in [0.1, 0.15) is 46.5 Å². The van der Waals surface area contributed by atoms with Crippen molar-refractivity contribution in [1.82, 2.24) is 10.6 Å². The van der Waals surface area contributed by atoms with Crippen LogP contribution in [0, 0.1) is 5.92 Å². The van der Waals surface area contributed by atoms with Crippen molar-refractivity contribution in [2.75, 3.05) is 19.6 Å². The molecule has 2 N–H and O–H groups in total. The van der Waals surface area contributed by atoms with Gasteiger partial charge in [0, 0.05) is 12.1 Å². The van der Waals surface area contributed by atoms with Crippen molar-refractivity contribution >= 4 is 5.97 Å². The van der Waals surface area contributed by atoms with E-state index in [0.717, 1.165) is 32.5 Å². The molecule has 4 nitrogen and oxygen atoms in total. The van der Waals surface area contributed by atoms with Gasteiger partial charge in [0.15, 0.2) is 0 Å². The SMILES string of the molecule is CC(C)(C)OC(=O)[C@@H]1CCC2(CCNCC2)NC1. The Morgan fingerprint density at radius 1 is 1.22 bits per heavy atom. The fraction of sp³-hybridized carbons (Fsp3) is 0.929. The van der Waals surface area contributed by atoms with Gasteiger partial charge in [0.2, 0.25) is 0 Å². The van der Waals surface area contributed by atoms with Crippen molar-refractivity contribution in [3.05, 3.63) is 0 Å². The van der Waals surface area contributed by atoms with Crippen LogP contribution in [-0.2, 0) is 9.53 Å². The molecule has 0 aromatic rings. The van der Waals surface area contributed by atoms with E-state index < -0.39 is 0 Å². The fourth-order valence-electron chi connectivity index (χ4n) is 2.90. The first-order valence-corrected chi connectivity index (χ1v) is 7.09. The van der Waals surface area contributed by atoms with Gasteiger partial charge in [-0.25, -0.2) is 0 Å². The standard InChI is InChI=1S/C14H26N2O2/c1-13(2,3)18-12(17)11-4-5-14(16-10-11)6-8-15-9-7-14/h11,15-16H,4-10H2,1-3H3/t11-/m1/s1. The van der Waals surface area contributed by atoms with E-state index in [9.17, 15) is 4.79 Å². The largest absolute Gasteiger partial charge is 0.460 e. The molecule has 4 heteroatoms. The van der Waals surface area contributed by atoms with Gasteiger partial charge in [-0.1, -0.05) is 0 Å². The van der Waals surface area contributed by atoms with Crippen LogP contribution in [-0.4, -0.2) is 36.7 Å². The van der Waals surface area contributed by atoms with Gasteiger partial charge < -0.3 is 15.4 Å². The Hall–Kier alpha value is -0.610. The lowest BCUT2D eigenvalue weighted by Crippen LogP contribution is -2.57. The summed E-state index contributed by atoms with van der Waals surface area (Å²) in [5, 5.41) is 7.00. The topological polar surface area (TPSA) is 50.4 Å². The predicted octanol–water partition coefficient (Wildman–Crippen LogP) is 1.45. The Bertz CT molecular complexity index is 293. The van der Waals surface area contributed by atoms with E-state index in [0.29, 0.717) is 0 Å². The number of esters is 1. The van der Waals surface area contributed by atoms with Crippen molar-refractivity contribution in [1.29, 1.82) is 0 Å². The van der Waals surface area contributed by atoms with Gasteiger partial charge in [-0.05, 0) is 59.5 Å². The zero-order chi connectivity index (χ0) is 13.2. The summed E-state index contributed by atoms with van der Waals surface area (Å²) >= 11 is 0. The van der Waals surface area contributed by atoms with Crippen molar-refractivity contribution in [2.24, 2.45) is 5.92 Å². The molecule has 104 valence electrons. The molecule has 0 aliphatic carbocycles. The maximum atomic E-state index is 12.0. The highest BCUT2D eigenvalue weighted by Crippen LogP contribution is 2.31. The van der Waals surface area contributed by atoms with Crippen LogP contribution in [0.15, 0.2) is 0 Å². The summed E-state index contributed by atoms with van der Waals surface area (Å²) in [7, 11) is 0. The molecular formula is C14H26N2O2. The van der Waals surface area contributed by atoms with Crippen molar-refractivity contribution in [2.45, 2.75) is 57.6 Å². The summed E-state index contributed by atoms with van der Waals surface area (Å²) in [6, 6.07) is 0. The van der Waals surface area contributed by atoms with E-state index in [2.05, 4.69) is 10.6 Å². The number of ether oxygens (including phenoxy) is 1. The molecule has 1 spiro atoms. The number of carbonyl (C=O) groups is 1. The minimum Gasteiger partial charge on any atom is -0.460 e. The predicted molar refractivity (Wildman–Crippen MR) is 71.4 cm³/mol. The summed E-state index contributed by atoms with van der Waals surface area (Å²) in [5.74, 6) is -0.0106. The molecule has 0 unspecified atom stereocenters. The Morgan fingerprint density at radius 2 is 1.89 bits per heavy atom. The second kappa shape index (κ2) is 5.17.